The van der Waals surface area contributed by atoms with Crippen LogP contribution in [0.1, 0.15) is 24.8 Å². The molecule has 3 atom stereocenters. The van der Waals surface area contributed by atoms with Crippen LogP contribution < -0.4 is 15.8 Å². The molecular formula is C13H20N2O. The van der Waals surface area contributed by atoms with E-state index >= 15 is 0 Å². The van der Waals surface area contributed by atoms with Crippen molar-refractivity contribution in [1.82, 2.24) is 5.32 Å². The van der Waals surface area contributed by atoms with E-state index in [-0.39, 0.29) is 6.04 Å². The summed E-state index contributed by atoms with van der Waals surface area (Å²) in [5.74, 6) is 1.41. The van der Waals surface area contributed by atoms with Crippen LogP contribution in [0.5, 0.6) is 5.75 Å². The Morgan fingerprint density at radius 2 is 2.25 bits per heavy atom. The van der Waals surface area contributed by atoms with Gasteiger partial charge >= 0.3 is 0 Å². The Labute approximate surface area is 97.0 Å². The molecule has 1 fully saturated rings. The maximum absolute atomic E-state index is 6.00. The molecule has 0 aromatic heterocycles. The highest BCUT2D eigenvalue weighted by atomic mass is 16.5. The van der Waals surface area contributed by atoms with Gasteiger partial charge < -0.3 is 15.8 Å². The van der Waals surface area contributed by atoms with Crippen LogP contribution in [0.2, 0.25) is 0 Å². The molecule has 1 heterocycles. The van der Waals surface area contributed by atoms with Crippen molar-refractivity contribution in [2.45, 2.75) is 31.3 Å². The van der Waals surface area contributed by atoms with Crippen LogP contribution in [0.15, 0.2) is 24.3 Å². The third kappa shape index (κ3) is 2.36. The van der Waals surface area contributed by atoms with Gasteiger partial charge in [0.15, 0.2) is 0 Å². The third-order valence-corrected chi connectivity index (χ3v) is 3.38. The van der Waals surface area contributed by atoms with Crippen molar-refractivity contribution in [2.24, 2.45) is 5.73 Å². The zero-order valence-corrected chi connectivity index (χ0v) is 9.94. The Balaban J connectivity index is 2.20. The Bertz CT molecular complexity index is 354. The van der Waals surface area contributed by atoms with Crippen LogP contribution in [-0.4, -0.2) is 25.7 Å². The lowest BCUT2D eigenvalue weighted by Gasteiger charge is -2.34. The summed E-state index contributed by atoms with van der Waals surface area (Å²) in [4.78, 5) is 0. The molecule has 0 radical (unpaired) electrons. The van der Waals surface area contributed by atoms with Crippen LogP contribution in [0.3, 0.4) is 0 Å². The second kappa shape index (κ2) is 4.85. The van der Waals surface area contributed by atoms with Crippen molar-refractivity contribution in [2.75, 3.05) is 13.7 Å². The maximum Gasteiger partial charge on any atom is 0.119 e. The van der Waals surface area contributed by atoms with Gasteiger partial charge in [-0.15, -0.1) is 0 Å². The van der Waals surface area contributed by atoms with Gasteiger partial charge in [0.2, 0.25) is 0 Å². The van der Waals surface area contributed by atoms with Gasteiger partial charge in [0.1, 0.15) is 5.75 Å². The molecule has 0 aliphatic carbocycles. The van der Waals surface area contributed by atoms with Gasteiger partial charge in [0.05, 0.1) is 7.11 Å². The number of methoxy groups -OCH3 is 1. The predicted octanol–water partition coefficient (Wildman–Crippen LogP) is 1.49. The van der Waals surface area contributed by atoms with Gasteiger partial charge in [-0.2, -0.15) is 0 Å². The molecule has 88 valence electrons. The molecule has 1 aromatic rings. The molecule has 3 N–H and O–H groups in total. The summed E-state index contributed by atoms with van der Waals surface area (Å²) in [6.07, 6.45) is 1.04. The first-order valence-corrected chi connectivity index (χ1v) is 5.83. The molecule has 0 saturated carbocycles. The average Bonchev–Trinajstić information content (AvgIpc) is 2.32. The van der Waals surface area contributed by atoms with Crippen molar-refractivity contribution < 1.29 is 4.74 Å². The maximum atomic E-state index is 6.00. The summed E-state index contributed by atoms with van der Waals surface area (Å²) in [7, 11) is 1.70. The first-order chi connectivity index (χ1) is 7.70. The molecule has 0 bridgehead atoms. The number of hydrogen-bond donors (Lipinski definition) is 2. The lowest BCUT2D eigenvalue weighted by Crippen LogP contribution is -2.48. The third-order valence-electron chi connectivity index (χ3n) is 3.38. The van der Waals surface area contributed by atoms with Crippen molar-refractivity contribution in [1.29, 1.82) is 0 Å². The summed E-state index contributed by atoms with van der Waals surface area (Å²) < 4.78 is 5.26. The summed E-state index contributed by atoms with van der Waals surface area (Å²) >= 11 is 0. The standard InChI is InChI=1S/C13H20N2O/c1-9-13(7-11(14)8-15-9)10-4-3-5-12(6-10)16-2/h3-6,9,11,13,15H,7-8,14H2,1-2H3. The summed E-state index contributed by atoms with van der Waals surface area (Å²) in [5, 5.41) is 3.45. The first kappa shape index (κ1) is 11.4. The van der Waals surface area contributed by atoms with E-state index in [9.17, 15) is 0 Å². The van der Waals surface area contributed by atoms with E-state index < -0.39 is 0 Å². The molecule has 1 aliphatic heterocycles. The minimum atomic E-state index is 0.257. The summed E-state index contributed by atoms with van der Waals surface area (Å²) in [5.41, 5.74) is 7.32. The smallest absolute Gasteiger partial charge is 0.119 e. The number of nitrogens with one attached hydrogen (secondary N) is 1. The van der Waals surface area contributed by atoms with E-state index in [1.807, 2.05) is 12.1 Å². The van der Waals surface area contributed by atoms with Gasteiger partial charge in [-0.25, -0.2) is 0 Å². The lowest BCUT2D eigenvalue weighted by molar-refractivity contribution is 0.336. The van der Waals surface area contributed by atoms with Crippen molar-refractivity contribution in [3.05, 3.63) is 29.8 Å². The van der Waals surface area contributed by atoms with Crippen LogP contribution in [0, 0.1) is 0 Å². The van der Waals surface area contributed by atoms with Crippen molar-refractivity contribution >= 4 is 0 Å². The Kier molecular flexibility index (Phi) is 3.46. The van der Waals surface area contributed by atoms with Gasteiger partial charge in [-0.3, -0.25) is 0 Å². The topological polar surface area (TPSA) is 47.3 Å². The van der Waals surface area contributed by atoms with Crippen molar-refractivity contribution in [3.63, 3.8) is 0 Å². The fourth-order valence-corrected chi connectivity index (χ4v) is 2.39. The number of ether oxygens (including phenoxy) is 1. The second-order valence-corrected chi connectivity index (χ2v) is 4.58. The average molecular weight is 220 g/mol. The van der Waals surface area contributed by atoms with E-state index in [2.05, 4.69) is 24.4 Å². The number of piperidine rings is 1. The molecule has 3 heteroatoms. The van der Waals surface area contributed by atoms with Crippen LogP contribution >= 0.6 is 0 Å². The van der Waals surface area contributed by atoms with Crippen molar-refractivity contribution in [3.8, 4) is 5.75 Å². The predicted molar refractivity (Wildman–Crippen MR) is 65.8 cm³/mol. The van der Waals surface area contributed by atoms with E-state index in [1.165, 1.54) is 5.56 Å². The number of nitrogens with two attached hydrogens (primary N) is 1. The highest BCUT2D eigenvalue weighted by Gasteiger charge is 2.26. The van der Waals surface area contributed by atoms with E-state index in [0.29, 0.717) is 12.0 Å². The van der Waals surface area contributed by atoms with Crippen LogP contribution in [0.25, 0.3) is 0 Å². The zero-order valence-electron chi connectivity index (χ0n) is 9.94. The molecule has 3 unspecified atom stereocenters. The molecule has 1 aromatic carbocycles. The molecule has 3 nitrogen and oxygen atoms in total. The lowest BCUT2D eigenvalue weighted by atomic mass is 9.84. The highest BCUT2D eigenvalue weighted by molar-refractivity contribution is 5.32. The monoisotopic (exact) mass is 220 g/mol. The first-order valence-electron chi connectivity index (χ1n) is 5.83. The highest BCUT2D eigenvalue weighted by Crippen LogP contribution is 2.29. The number of benzene rings is 1. The van der Waals surface area contributed by atoms with Gasteiger partial charge in [-0.05, 0) is 31.0 Å². The van der Waals surface area contributed by atoms with Crippen LogP contribution in [0.4, 0.5) is 0 Å². The number of hydrogen-bond acceptors (Lipinski definition) is 3. The fourth-order valence-electron chi connectivity index (χ4n) is 2.39. The largest absolute Gasteiger partial charge is 0.497 e. The van der Waals surface area contributed by atoms with Gasteiger partial charge in [-0.1, -0.05) is 12.1 Å². The van der Waals surface area contributed by atoms with Crippen LogP contribution in [-0.2, 0) is 0 Å². The quantitative estimate of drug-likeness (QED) is 0.794. The Hall–Kier alpha value is -1.06. The molecule has 0 spiro atoms. The molecule has 0 amide bonds. The van der Waals surface area contributed by atoms with E-state index in [4.69, 9.17) is 10.5 Å². The molecule has 1 saturated heterocycles. The second-order valence-electron chi connectivity index (χ2n) is 4.58. The van der Waals surface area contributed by atoms with E-state index in [1.54, 1.807) is 7.11 Å². The fraction of sp³-hybridized carbons (Fsp3) is 0.538. The molecular weight excluding hydrogens is 200 g/mol. The van der Waals surface area contributed by atoms with E-state index in [0.717, 1.165) is 18.7 Å². The number of rotatable bonds is 2. The molecule has 2 rings (SSSR count). The Morgan fingerprint density at radius 3 is 3.00 bits per heavy atom. The molecule has 16 heavy (non-hydrogen) atoms. The molecule has 1 aliphatic rings. The van der Waals surface area contributed by atoms with Gasteiger partial charge in [0, 0.05) is 24.5 Å². The SMILES string of the molecule is COc1cccc(C2CC(N)CNC2C)c1. The zero-order chi connectivity index (χ0) is 11.5. The minimum absolute atomic E-state index is 0.257. The normalized spacial score (nSPS) is 30.1. The Morgan fingerprint density at radius 1 is 1.44 bits per heavy atom. The minimum Gasteiger partial charge on any atom is -0.497 e. The van der Waals surface area contributed by atoms with Gasteiger partial charge in [0.25, 0.3) is 0 Å². The summed E-state index contributed by atoms with van der Waals surface area (Å²) in [6.45, 7) is 3.14. The summed E-state index contributed by atoms with van der Waals surface area (Å²) in [6, 6.07) is 9.02.